The molecule has 1 atom stereocenters. The van der Waals surface area contributed by atoms with E-state index in [1.54, 1.807) is 6.07 Å². The van der Waals surface area contributed by atoms with Gasteiger partial charge >= 0.3 is 7.12 Å². The molecule has 2 heterocycles. The van der Waals surface area contributed by atoms with E-state index in [-0.39, 0.29) is 19.0 Å². The molecule has 0 fully saturated rings. The lowest BCUT2D eigenvalue weighted by Gasteiger charge is -2.22. The standard InChI is InChI=1S/C10H11BClNO4.ClH/c12-5-3-6-10(16-2-1-15-6)9-8(5)7(4-13)17-11(9)14;/h3,7,14H,1-2,4,13H2;1H/t7-;/m0./s1. The van der Waals surface area contributed by atoms with Crippen molar-refractivity contribution in [1.29, 1.82) is 0 Å². The fourth-order valence-corrected chi connectivity index (χ4v) is 2.55. The van der Waals surface area contributed by atoms with Gasteiger partial charge < -0.3 is 24.9 Å². The molecule has 3 N–H and O–H groups in total. The summed E-state index contributed by atoms with van der Waals surface area (Å²) in [5, 5.41) is 10.4. The molecule has 0 saturated carbocycles. The molecule has 3 rings (SSSR count). The fraction of sp³-hybridized carbons (Fsp3) is 0.400. The van der Waals surface area contributed by atoms with Crippen LogP contribution in [-0.2, 0) is 4.65 Å². The predicted molar refractivity (Wildman–Crippen MR) is 70.2 cm³/mol. The summed E-state index contributed by atoms with van der Waals surface area (Å²) in [7, 11) is -1.06. The third-order valence-corrected chi connectivity index (χ3v) is 3.25. The Balaban J connectivity index is 0.00000120. The number of ether oxygens (including phenoxy) is 2. The summed E-state index contributed by atoms with van der Waals surface area (Å²) in [6.45, 7) is 1.17. The van der Waals surface area contributed by atoms with Crippen molar-refractivity contribution in [2.75, 3.05) is 19.8 Å². The number of nitrogens with two attached hydrogens (primary N) is 1. The maximum absolute atomic E-state index is 9.89. The molecule has 0 aromatic heterocycles. The zero-order chi connectivity index (χ0) is 12.0. The van der Waals surface area contributed by atoms with E-state index in [0.29, 0.717) is 40.8 Å². The Bertz CT molecular complexity index is 474. The van der Waals surface area contributed by atoms with E-state index < -0.39 is 13.2 Å². The van der Waals surface area contributed by atoms with Gasteiger partial charge in [-0.15, -0.1) is 12.4 Å². The van der Waals surface area contributed by atoms with Crippen molar-refractivity contribution in [3.63, 3.8) is 0 Å². The van der Waals surface area contributed by atoms with Crippen LogP contribution in [0.1, 0.15) is 11.7 Å². The Morgan fingerprint density at radius 2 is 2.17 bits per heavy atom. The van der Waals surface area contributed by atoms with Gasteiger partial charge in [0.15, 0.2) is 11.5 Å². The first kappa shape index (κ1) is 13.8. The van der Waals surface area contributed by atoms with Crippen molar-refractivity contribution in [2.24, 2.45) is 5.73 Å². The minimum Gasteiger partial charge on any atom is -0.486 e. The summed E-state index contributed by atoms with van der Waals surface area (Å²) < 4.78 is 16.3. The van der Waals surface area contributed by atoms with Gasteiger partial charge in [-0.2, -0.15) is 0 Å². The first-order valence-corrected chi connectivity index (χ1v) is 5.75. The number of hydrogen-bond donors (Lipinski definition) is 2. The van der Waals surface area contributed by atoms with Crippen molar-refractivity contribution in [2.45, 2.75) is 6.10 Å². The monoisotopic (exact) mass is 291 g/mol. The van der Waals surface area contributed by atoms with Crippen LogP contribution in [-0.4, -0.2) is 31.9 Å². The molecule has 0 amide bonds. The largest absolute Gasteiger partial charge is 0.496 e. The Hall–Kier alpha value is -0.655. The van der Waals surface area contributed by atoms with E-state index >= 15 is 0 Å². The molecule has 2 aliphatic heterocycles. The van der Waals surface area contributed by atoms with Crippen molar-refractivity contribution < 1.29 is 19.2 Å². The highest BCUT2D eigenvalue weighted by Gasteiger charge is 2.41. The van der Waals surface area contributed by atoms with Crippen LogP contribution in [0.15, 0.2) is 6.07 Å². The quantitative estimate of drug-likeness (QED) is 0.726. The smallest absolute Gasteiger partial charge is 0.486 e. The second kappa shape index (κ2) is 5.15. The molecule has 0 spiro atoms. The van der Waals surface area contributed by atoms with Gasteiger partial charge in [0.1, 0.15) is 13.2 Å². The first-order valence-electron chi connectivity index (χ1n) is 5.38. The number of fused-ring (bicyclic) bond motifs is 3. The van der Waals surface area contributed by atoms with E-state index in [4.69, 9.17) is 31.5 Å². The van der Waals surface area contributed by atoms with Crippen LogP contribution in [0, 0.1) is 0 Å². The van der Waals surface area contributed by atoms with Crippen molar-refractivity contribution in [1.82, 2.24) is 0 Å². The summed E-state index contributed by atoms with van der Waals surface area (Å²) in [4.78, 5) is 0. The van der Waals surface area contributed by atoms with Crippen LogP contribution in [0.4, 0.5) is 0 Å². The zero-order valence-electron chi connectivity index (χ0n) is 9.39. The Morgan fingerprint density at radius 1 is 1.44 bits per heavy atom. The van der Waals surface area contributed by atoms with E-state index in [0.717, 1.165) is 0 Å². The van der Waals surface area contributed by atoms with E-state index in [1.807, 2.05) is 0 Å². The molecule has 5 nitrogen and oxygen atoms in total. The van der Waals surface area contributed by atoms with Gasteiger partial charge in [0.25, 0.3) is 0 Å². The van der Waals surface area contributed by atoms with Gasteiger partial charge in [0.2, 0.25) is 0 Å². The third-order valence-electron chi connectivity index (χ3n) is 2.94. The highest BCUT2D eigenvalue weighted by molar-refractivity contribution is 6.63. The lowest BCUT2D eigenvalue weighted by atomic mass is 9.78. The van der Waals surface area contributed by atoms with Gasteiger partial charge in [-0.25, -0.2) is 0 Å². The number of benzene rings is 1. The van der Waals surface area contributed by atoms with Gasteiger partial charge in [0, 0.05) is 28.7 Å². The van der Waals surface area contributed by atoms with Gasteiger partial charge in [0.05, 0.1) is 6.10 Å². The Labute approximate surface area is 116 Å². The molecule has 0 saturated heterocycles. The number of hydrogen-bond acceptors (Lipinski definition) is 5. The average molecular weight is 292 g/mol. The summed E-state index contributed by atoms with van der Waals surface area (Å²) in [6, 6.07) is 1.68. The Kier molecular flexibility index (Phi) is 3.94. The summed E-state index contributed by atoms with van der Waals surface area (Å²) >= 11 is 6.16. The normalized spacial score (nSPS) is 20.4. The number of rotatable bonds is 1. The molecular formula is C10H12BCl2NO4. The van der Waals surface area contributed by atoms with Crippen LogP contribution < -0.4 is 20.7 Å². The molecule has 1 aromatic rings. The van der Waals surface area contributed by atoms with Crippen LogP contribution >= 0.6 is 24.0 Å². The van der Waals surface area contributed by atoms with Crippen molar-refractivity contribution in [3.8, 4) is 11.5 Å². The summed E-state index contributed by atoms with van der Waals surface area (Å²) in [5.74, 6) is 1.06. The van der Waals surface area contributed by atoms with Crippen molar-refractivity contribution in [3.05, 3.63) is 16.7 Å². The topological polar surface area (TPSA) is 73.9 Å². The lowest BCUT2D eigenvalue weighted by molar-refractivity contribution is 0.173. The second-order valence-electron chi connectivity index (χ2n) is 3.92. The summed E-state index contributed by atoms with van der Waals surface area (Å²) in [5.41, 5.74) is 6.83. The molecule has 0 bridgehead atoms. The van der Waals surface area contributed by atoms with Gasteiger partial charge in [-0.1, -0.05) is 11.6 Å². The van der Waals surface area contributed by atoms with Gasteiger partial charge in [-0.05, 0) is 0 Å². The van der Waals surface area contributed by atoms with Crippen LogP contribution in [0.25, 0.3) is 0 Å². The lowest BCUT2D eigenvalue weighted by Crippen LogP contribution is -2.32. The highest BCUT2D eigenvalue weighted by atomic mass is 35.5. The number of halogens is 2. The molecule has 98 valence electrons. The minimum absolute atomic E-state index is 0. The molecule has 0 unspecified atom stereocenters. The highest BCUT2D eigenvalue weighted by Crippen LogP contribution is 2.40. The molecule has 0 radical (unpaired) electrons. The van der Waals surface area contributed by atoms with Crippen LogP contribution in [0.3, 0.4) is 0 Å². The molecule has 0 aliphatic carbocycles. The predicted octanol–water partition coefficient (Wildman–Crippen LogP) is 0.250. The van der Waals surface area contributed by atoms with E-state index in [1.165, 1.54) is 0 Å². The average Bonchev–Trinajstić information content (AvgIpc) is 2.68. The Morgan fingerprint density at radius 3 is 2.89 bits per heavy atom. The van der Waals surface area contributed by atoms with E-state index in [9.17, 15) is 5.02 Å². The third kappa shape index (κ3) is 1.94. The second-order valence-corrected chi connectivity index (χ2v) is 4.33. The van der Waals surface area contributed by atoms with Crippen LogP contribution in [0.2, 0.25) is 5.02 Å². The van der Waals surface area contributed by atoms with Crippen molar-refractivity contribution >= 4 is 36.6 Å². The summed E-state index contributed by atoms with van der Waals surface area (Å²) in [6.07, 6.45) is -0.400. The SMILES string of the molecule is Cl.NC[C@@H]1OB(O)c2c3c(cc(Cl)c21)OCCO3. The minimum atomic E-state index is -1.06. The molecule has 8 heteroatoms. The zero-order valence-corrected chi connectivity index (χ0v) is 11.0. The molecule has 2 aliphatic rings. The fourth-order valence-electron chi connectivity index (χ4n) is 2.23. The molecule has 1 aromatic carbocycles. The maximum Gasteiger partial charge on any atom is 0.496 e. The van der Waals surface area contributed by atoms with Crippen LogP contribution in [0.5, 0.6) is 11.5 Å². The maximum atomic E-state index is 9.89. The molecular weight excluding hydrogens is 280 g/mol. The molecule has 18 heavy (non-hydrogen) atoms. The van der Waals surface area contributed by atoms with E-state index in [2.05, 4.69) is 0 Å². The first-order chi connectivity index (χ1) is 8.22. The van der Waals surface area contributed by atoms with Gasteiger partial charge in [-0.3, -0.25) is 0 Å².